The molecule has 0 spiro atoms. The second-order valence-corrected chi connectivity index (χ2v) is 5.19. The zero-order valence-electron chi connectivity index (χ0n) is 11.5. The monoisotopic (exact) mass is 258 g/mol. The molecular formula is C12H30N6. The van der Waals surface area contributed by atoms with Crippen molar-refractivity contribution in [2.75, 3.05) is 46.1 Å². The summed E-state index contributed by atoms with van der Waals surface area (Å²) >= 11 is 0. The van der Waals surface area contributed by atoms with Crippen LogP contribution in [-0.2, 0) is 0 Å². The SMILES string of the molecule is NCCCC1(CCCN)CN(CN)CCN1CN. The Hall–Kier alpha value is -0.240. The summed E-state index contributed by atoms with van der Waals surface area (Å²) in [6.45, 7) is 5.65. The van der Waals surface area contributed by atoms with Crippen LogP contribution in [0.15, 0.2) is 0 Å². The molecule has 8 N–H and O–H groups in total. The Morgan fingerprint density at radius 1 is 0.833 bits per heavy atom. The molecule has 0 bridgehead atoms. The van der Waals surface area contributed by atoms with Gasteiger partial charge in [0, 0.05) is 38.5 Å². The van der Waals surface area contributed by atoms with Gasteiger partial charge in [-0.3, -0.25) is 9.80 Å². The fourth-order valence-electron chi connectivity index (χ4n) is 3.00. The van der Waals surface area contributed by atoms with Gasteiger partial charge in [0.1, 0.15) is 0 Å². The van der Waals surface area contributed by atoms with Crippen molar-refractivity contribution in [1.29, 1.82) is 0 Å². The van der Waals surface area contributed by atoms with Crippen LogP contribution in [0.4, 0.5) is 0 Å². The minimum atomic E-state index is 0.116. The van der Waals surface area contributed by atoms with E-state index in [0.717, 1.165) is 58.4 Å². The summed E-state index contributed by atoms with van der Waals surface area (Å²) in [5, 5.41) is 0. The van der Waals surface area contributed by atoms with E-state index in [4.69, 9.17) is 22.9 Å². The highest BCUT2D eigenvalue weighted by Crippen LogP contribution is 2.30. The van der Waals surface area contributed by atoms with Crippen LogP contribution in [0.3, 0.4) is 0 Å². The Bertz CT molecular complexity index is 215. The lowest BCUT2D eigenvalue weighted by molar-refractivity contribution is -0.0142. The lowest BCUT2D eigenvalue weighted by Crippen LogP contribution is -2.64. The number of hydrogen-bond donors (Lipinski definition) is 4. The average Bonchev–Trinajstić information content (AvgIpc) is 2.42. The summed E-state index contributed by atoms with van der Waals surface area (Å²) in [6.07, 6.45) is 4.22. The second-order valence-electron chi connectivity index (χ2n) is 5.19. The van der Waals surface area contributed by atoms with E-state index in [2.05, 4.69) is 9.80 Å². The molecule has 6 nitrogen and oxygen atoms in total. The molecule has 108 valence electrons. The number of hydrogen-bond acceptors (Lipinski definition) is 6. The van der Waals surface area contributed by atoms with Gasteiger partial charge in [0.25, 0.3) is 0 Å². The highest BCUT2D eigenvalue weighted by atomic mass is 15.3. The van der Waals surface area contributed by atoms with E-state index in [1.54, 1.807) is 0 Å². The molecule has 0 aromatic rings. The molecule has 0 radical (unpaired) electrons. The quantitative estimate of drug-likeness (QED) is 0.428. The van der Waals surface area contributed by atoms with Gasteiger partial charge >= 0.3 is 0 Å². The molecule has 1 saturated heterocycles. The van der Waals surface area contributed by atoms with Crippen molar-refractivity contribution in [2.45, 2.75) is 31.2 Å². The third-order valence-corrected chi connectivity index (χ3v) is 4.05. The molecule has 0 unspecified atom stereocenters. The van der Waals surface area contributed by atoms with Gasteiger partial charge in [-0.1, -0.05) is 0 Å². The second kappa shape index (κ2) is 8.04. The van der Waals surface area contributed by atoms with E-state index in [9.17, 15) is 0 Å². The highest BCUT2D eigenvalue weighted by molar-refractivity contribution is 4.96. The molecule has 0 aliphatic carbocycles. The Labute approximate surface area is 111 Å². The maximum atomic E-state index is 5.92. The van der Waals surface area contributed by atoms with E-state index in [-0.39, 0.29) is 5.54 Å². The van der Waals surface area contributed by atoms with Gasteiger partial charge in [0.05, 0.1) is 0 Å². The molecule has 0 atom stereocenters. The van der Waals surface area contributed by atoms with E-state index in [0.29, 0.717) is 13.3 Å². The minimum Gasteiger partial charge on any atom is -0.330 e. The number of piperazine rings is 1. The first kappa shape index (κ1) is 15.8. The summed E-state index contributed by atoms with van der Waals surface area (Å²) < 4.78 is 0. The van der Waals surface area contributed by atoms with Gasteiger partial charge < -0.3 is 22.9 Å². The van der Waals surface area contributed by atoms with Gasteiger partial charge in [-0.25, -0.2) is 0 Å². The maximum absolute atomic E-state index is 5.92. The fraction of sp³-hybridized carbons (Fsp3) is 1.00. The summed E-state index contributed by atoms with van der Waals surface area (Å²) in [4.78, 5) is 4.70. The van der Waals surface area contributed by atoms with Crippen LogP contribution in [0.25, 0.3) is 0 Å². The zero-order valence-corrected chi connectivity index (χ0v) is 11.5. The lowest BCUT2D eigenvalue weighted by Gasteiger charge is -2.51. The molecule has 6 heteroatoms. The molecule has 0 aromatic heterocycles. The topological polar surface area (TPSA) is 111 Å². The number of nitrogens with two attached hydrogens (primary N) is 4. The van der Waals surface area contributed by atoms with Crippen LogP contribution in [0.5, 0.6) is 0 Å². The molecule has 0 amide bonds. The van der Waals surface area contributed by atoms with Crippen molar-refractivity contribution in [3.63, 3.8) is 0 Å². The Balaban J connectivity index is 2.77. The standard InChI is InChI=1S/C12H30N6/c13-5-1-3-12(4-2-6-14)9-17(10-15)7-8-18(12)11-16/h1-11,13-16H2. The number of rotatable bonds is 8. The molecular weight excluding hydrogens is 228 g/mol. The van der Waals surface area contributed by atoms with E-state index in [1.165, 1.54) is 0 Å². The van der Waals surface area contributed by atoms with Gasteiger partial charge in [-0.2, -0.15) is 0 Å². The van der Waals surface area contributed by atoms with Crippen molar-refractivity contribution in [3.05, 3.63) is 0 Å². The van der Waals surface area contributed by atoms with E-state index in [1.807, 2.05) is 0 Å². The molecule has 18 heavy (non-hydrogen) atoms. The third-order valence-electron chi connectivity index (χ3n) is 4.05. The summed E-state index contributed by atoms with van der Waals surface area (Å²) in [5.41, 5.74) is 23.2. The molecule has 1 aliphatic rings. The van der Waals surface area contributed by atoms with Crippen LogP contribution in [0, 0.1) is 0 Å². The highest BCUT2D eigenvalue weighted by Gasteiger charge is 2.39. The first-order chi connectivity index (χ1) is 8.72. The van der Waals surface area contributed by atoms with Gasteiger partial charge in [0.2, 0.25) is 0 Å². The normalized spacial score (nSPS) is 21.3. The van der Waals surface area contributed by atoms with Crippen molar-refractivity contribution >= 4 is 0 Å². The maximum Gasteiger partial charge on any atom is 0.0461 e. The predicted molar refractivity (Wildman–Crippen MR) is 75.7 cm³/mol. The Morgan fingerprint density at radius 2 is 1.44 bits per heavy atom. The average molecular weight is 258 g/mol. The molecule has 1 heterocycles. The molecule has 0 saturated carbocycles. The van der Waals surface area contributed by atoms with Gasteiger partial charge in [-0.05, 0) is 38.8 Å². The first-order valence-electron chi connectivity index (χ1n) is 7.00. The Morgan fingerprint density at radius 3 is 1.89 bits per heavy atom. The van der Waals surface area contributed by atoms with Gasteiger partial charge in [0.15, 0.2) is 0 Å². The fourth-order valence-corrected chi connectivity index (χ4v) is 3.00. The van der Waals surface area contributed by atoms with Crippen LogP contribution in [-0.4, -0.2) is 61.4 Å². The molecule has 1 rings (SSSR count). The van der Waals surface area contributed by atoms with E-state index >= 15 is 0 Å². The summed E-state index contributed by atoms with van der Waals surface area (Å²) in [5.74, 6) is 0. The van der Waals surface area contributed by atoms with Crippen LogP contribution >= 0.6 is 0 Å². The van der Waals surface area contributed by atoms with Gasteiger partial charge in [-0.15, -0.1) is 0 Å². The molecule has 0 aromatic carbocycles. The van der Waals surface area contributed by atoms with Crippen LogP contribution in [0.2, 0.25) is 0 Å². The zero-order chi connectivity index (χ0) is 13.4. The van der Waals surface area contributed by atoms with Crippen molar-refractivity contribution in [2.24, 2.45) is 22.9 Å². The lowest BCUT2D eigenvalue weighted by atomic mass is 9.84. The third kappa shape index (κ3) is 3.88. The minimum absolute atomic E-state index is 0.116. The predicted octanol–water partition coefficient (Wildman–Crippen LogP) is -1.35. The molecule has 1 aliphatic heterocycles. The first-order valence-corrected chi connectivity index (χ1v) is 7.00. The van der Waals surface area contributed by atoms with Crippen molar-refractivity contribution in [1.82, 2.24) is 9.80 Å². The van der Waals surface area contributed by atoms with Crippen LogP contribution in [0.1, 0.15) is 25.7 Å². The largest absolute Gasteiger partial charge is 0.330 e. The summed E-state index contributed by atoms with van der Waals surface area (Å²) in [7, 11) is 0. The van der Waals surface area contributed by atoms with Crippen LogP contribution < -0.4 is 22.9 Å². The van der Waals surface area contributed by atoms with Crippen molar-refractivity contribution < 1.29 is 0 Å². The Kier molecular flexibility index (Phi) is 7.06. The number of nitrogens with zero attached hydrogens (tertiary/aromatic N) is 2. The smallest absolute Gasteiger partial charge is 0.0461 e. The van der Waals surface area contributed by atoms with Crippen molar-refractivity contribution in [3.8, 4) is 0 Å². The van der Waals surface area contributed by atoms with E-state index < -0.39 is 0 Å². The molecule has 1 fully saturated rings. The summed E-state index contributed by atoms with van der Waals surface area (Å²) in [6, 6.07) is 0.